The monoisotopic (exact) mass is 328 g/mol. The predicted octanol–water partition coefficient (Wildman–Crippen LogP) is 1.94. The fraction of sp³-hybridized carbons (Fsp3) is 0.368. The number of aliphatic hydroxyl groups is 1. The van der Waals surface area contributed by atoms with Crippen LogP contribution < -0.4 is 10.9 Å². The molecule has 2 aromatic rings. The number of hydrogen-bond acceptors (Lipinski definition) is 3. The Morgan fingerprint density at radius 3 is 2.42 bits per heavy atom. The smallest absolute Gasteiger partial charge is 0.251 e. The van der Waals surface area contributed by atoms with Crippen molar-refractivity contribution in [3.05, 3.63) is 70.1 Å². The molecule has 0 aliphatic rings. The normalized spacial score (nSPS) is 12.7. The maximum absolute atomic E-state index is 12.1. The molecule has 1 heterocycles. The lowest BCUT2D eigenvalue weighted by Gasteiger charge is -2.19. The first-order valence-corrected chi connectivity index (χ1v) is 7.99. The molecule has 0 unspecified atom stereocenters. The molecule has 0 aliphatic carbocycles. The van der Waals surface area contributed by atoms with Gasteiger partial charge < -0.3 is 15.0 Å². The van der Waals surface area contributed by atoms with Crippen LogP contribution in [0.2, 0.25) is 0 Å². The summed E-state index contributed by atoms with van der Waals surface area (Å²) in [5.41, 5.74) is 1.56. The van der Waals surface area contributed by atoms with Crippen molar-refractivity contribution in [3.8, 4) is 0 Å². The van der Waals surface area contributed by atoms with E-state index in [2.05, 4.69) is 26.1 Å². The highest BCUT2D eigenvalue weighted by Gasteiger charge is 2.15. The average Bonchev–Trinajstić information content (AvgIpc) is 2.54. The Morgan fingerprint density at radius 1 is 1.17 bits per heavy atom. The van der Waals surface area contributed by atoms with Crippen LogP contribution in [-0.4, -0.2) is 28.2 Å². The van der Waals surface area contributed by atoms with Crippen LogP contribution in [0.15, 0.2) is 53.5 Å². The molecule has 0 saturated carbocycles. The van der Waals surface area contributed by atoms with E-state index >= 15 is 0 Å². The molecule has 1 amide bonds. The minimum absolute atomic E-state index is 0.0359. The number of amides is 1. The largest absolute Gasteiger partial charge is 0.389 e. The van der Waals surface area contributed by atoms with Gasteiger partial charge in [-0.3, -0.25) is 9.59 Å². The van der Waals surface area contributed by atoms with Crippen molar-refractivity contribution in [1.29, 1.82) is 0 Å². The Balaban J connectivity index is 1.91. The van der Waals surface area contributed by atoms with E-state index in [0.717, 1.165) is 5.56 Å². The predicted molar refractivity (Wildman–Crippen MR) is 94.2 cm³/mol. The Labute approximate surface area is 142 Å². The van der Waals surface area contributed by atoms with Crippen LogP contribution in [0.3, 0.4) is 0 Å². The van der Waals surface area contributed by atoms with E-state index in [9.17, 15) is 14.7 Å². The van der Waals surface area contributed by atoms with Crippen molar-refractivity contribution >= 4 is 5.91 Å². The minimum atomic E-state index is -0.831. The van der Waals surface area contributed by atoms with Gasteiger partial charge in [0.15, 0.2) is 0 Å². The summed E-state index contributed by atoms with van der Waals surface area (Å²) in [6, 6.07) is 12.2. The Hall–Kier alpha value is -2.40. The molecular formula is C19H24N2O3. The summed E-state index contributed by atoms with van der Waals surface area (Å²) in [5, 5.41) is 12.7. The molecule has 128 valence electrons. The van der Waals surface area contributed by atoms with Crippen molar-refractivity contribution in [2.24, 2.45) is 0 Å². The molecule has 2 N–H and O–H groups in total. The lowest BCUT2D eigenvalue weighted by atomic mass is 9.87. The number of benzene rings is 1. The van der Waals surface area contributed by atoms with Gasteiger partial charge in [-0.1, -0.05) is 39.0 Å². The van der Waals surface area contributed by atoms with Gasteiger partial charge in [0, 0.05) is 24.4 Å². The van der Waals surface area contributed by atoms with E-state index in [1.165, 1.54) is 10.6 Å². The molecule has 0 saturated heterocycles. The number of aromatic nitrogens is 1. The molecule has 0 spiro atoms. The van der Waals surface area contributed by atoms with Gasteiger partial charge >= 0.3 is 0 Å². The van der Waals surface area contributed by atoms with Gasteiger partial charge in [-0.15, -0.1) is 0 Å². The third-order valence-electron chi connectivity index (χ3n) is 3.82. The second-order valence-corrected chi connectivity index (χ2v) is 6.88. The number of rotatable bonds is 5. The van der Waals surface area contributed by atoms with Crippen molar-refractivity contribution in [2.45, 2.75) is 38.8 Å². The molecule has 0 aliphatic heterocycles. The van der Waals surface area contributed by atoms with Gasteiger partial charge in [-0.2, -0.15) is 0 Å². The first-order valence-electron chi connectivity index (χ1n) is 7.99. The second kappa shape index (κ2) is 7.45. The molecule has 0 bridgehead atoms. The highest BCUT2D eigenvalue weighted by atomic mass is 16.3. The summed E-state index contributed by atoms with van der Waals surface area (Å²) in [7, 11) is 0. The zero-order valence-corrected chi connectivity index (χ0v) is 14.3. The molecule has 24 heavy (non-hydrogen) atoms. The third-order valence-corrected chi connectivity index (χ3v) is 3.82. The molecule has 1 aromatic carbocycles. The SMILES string of the molecule is CC(C)(C)c1ccc(C(=O)NC[C@H](O)Cn2ccccc2=O)cc1. The number of carbonyl (C=O) groups excluding carboxylic acids is 1. The summed E-state index contributed by atoms with van der Waals surface area (Å²) in [6.45, 7) is 6.57. The second-order valence-electron chi connectivity index (χ2n) is 6.88. The van der Waals surface area contributed by atoms with Gasteiger partial charge in [0.2, 0.25) is 0 Å². The van der Waals surface area contributed by atoms with Gasteiger partial charge in [0.25, 0.3) is 11.5 Å². The molecule has 1 atom stereocenters. The first kappa shape index (κ1) is 17.9. The van der Waals surface area contributed by atoms with E-state index in [4.69, 9.17) is 0 Å². The maximum Gasteiger partial charge on any atom is 0.251 e. The van der Waals surface area contributed by atoms with Crippen molar-refractivity contribution in [3.63, 3.8) is 0 Å². The van der Waals surface area contributed by atoms with Gasteiger partial charge in [-0.25, -0.2) is 0 Å². The van der Waals surface area contributed by atoms with E-state index in [-0.39, 0.29) is 30.0 Å². The van der Waals surface area contributed by atoms with Crippen LogP contribution in [0.25, 0.3) is 0 Å². The highest BCUT2D eigenvalue weighted by Crippen LogP contribution is 2.22. The lowest BCUT2D eigenvalue weighted by Crippen LogP contribution is -2.36. The first-order chi connectivity index (χ1) is 11.3. The molecular weight excluding hydrogens is 304 g/mol. The Morgan fingerprint density at radius 2 is 1.83 bits per heavy atom. The van der Waals surface area contributed by atoms with E-state index in [1.807, 2.05) is 12.1 Å². The van der Waals surface area contributed by atoms with Crippen LogP contribution in [0.4, 0.5) is 0 Å². The number of hydrogen-bond donors (Lipinski definition) is 2. The molecule has 5 nitrogen and oxygen atoms in total. The number of nitrogens with one attached hydrogen (secondary N) is 1. The van der Waals surface area contributed by atoms with Gasteiger partial charge in [0.1, 0.15) is 0 Å². The fourth-order valence-corrected chi connectivity index (χ4v) is 2.34. The van der Waals surface area contributed by atoms with Crippen LogP contribution in [0.1, 0.15) is 36.7 Å². The van der Waals surface area contributed by atoms with Crippen LogP contribution in [0, 0.1) is 0 Å². The lowest BCUT2D eigenvalue weighted by molar-refractivity contribution is 0.0903. The topological polar surface area (TPSA) is 71.3 Å². The summed E-state index contributed by atoms with van der Waals surface area (Å²) >= 11 is 0. The number of carbonyl (C=O) groups is 1. The molecule has 0 fully saturated rings. The summed E-state index contributed by atoms with van der Waals surface area (Å²) in [6.07, 6.45) is 0.779. The molecule has 0 radical (unpaired) electrons. The van der Waals surface area contributed by atoms with Gasteiger partial charge in [-0.05, 0) is 29.2 Å². The number of pyridine rings is 1. The van der Waals surface area contributed by atoms with Crippen molar-refractivity contribution in [1.82, 2.24) is 9.88 Å². The van der Waals surface area contributed by atoms with Crippen LogP contribution >= 0.6 is 0 Å². The number of nitrogens with zero attached hydrogens (tertiary/aromatic N) is 1. The molecule has 5 heteroatoms. The van der Waals surface area contributed by atoms with Crippen LogP contribution in [0.5, 0.6) is 0 Å². The zero-order valence-electron chi connectivity index (χ0n) is 14.3. The van der Waals surface area contributed by atoms with E-state index < -0.39 is 6.10 Å². The molecule has 2 rings (SSSR count). The summed E-state index contributed by atoms with van der Waals surface area (Å²) in [5.74, 6) is -0.241. The minimum Gasteiger partial charge on any atom is -0.389 e. The third kappa shape index (κ3) is 4.80. The van der Waals surface area contributed by atoms with Crippen LogP contribution in [-0.2, 0) is 12.0 Å². The average molecular weight is 328 g/mol. The zero-order chi connectivity index (χ0) is 17.7. The Bertz CT molecular complexity index is 742. The summed E-state index contributed by atoms with van der Waals surface area (Å²) < 4.78 is 1.41. The fourth-order valence-electron chi connectivity index (χ4n) is 2.34. The molecule has 1 aromatic heterocycles. The van der Waals surface area contributed by atoms with Crippen molar-refractivity contribution < 1.29 is 9.90 Å². The number of aliphatic hydroxyl groups excluding tert-OH is 1. The Kier molecular flexibility index (Phi) is 5.57. The standard InChI is InChI=1S/C19H24N2O3/c1-19(2,3)15-9-7-14(8-10-15)18(24)20-12-16(22)13-21-11-5-4-6-17(21)23/h4-11,16,22H,12-13H2,1-3H3,(H,20,24)/t16-/m0/s1. The maximum atomic E-state index is 12.1. The van der Waals surface area contributed by atoms with E-state index in [0.29, 0.717) is 5.56 Å². The summed E-state index contributed by atoms with van der Waals surface area (Å²) in [4.78, 5) is 23.7. The highest BCUT2D eigenvalue weighted by molar-refractivity contribution is 5.94. The van der Waals surface area contributed by atoms with Gasteiger partial charge in [0.05, 0.1) is 12.6 Å². The van der Waals surface area contributed by atoms with Crippen molar-refractivity contribution in [2.75, 3.05) is 6.54 Å². The van der Waals surface area contributed by atoms with E-state index in [1.54, 1.807) is 30.5 Å². The quantitative estimate of drug-likeness (QED) is 0.881.